The van der Waals surface area contributed by atoms with Gasteiger partial charge in [0.05, 0.1) is 27.4 Å². The van der Waals surface area contributed by atoms with E-state index < -0.39 is 5.54 Å². The number of ether oxygens (including phenoxy) is 3. The normalized spacial score (nSPS) is 23.9. The maximum absolute atomic E-state index is 12.9. The lowest BCUT2D eigenvalue weighted by Gasteiger charge is -2.27. The van der Waals surface area contributed by atoms with Crippen LogP contribution < -0.4 is 19.7 Å². The first-order chi connectivity index (χ1) is 12.5. The Labute approximate surface area is 153 Å². The first kappa shape index (κ1) is 18.5. The third kappa shape index (κ3) is 3.61. The van der Waals surface area contributed by atoms with Crippen molar-refractivity contribution in [2.24, 2.45) is 0 Å². The predicted molar refractivity (Wildman–Crippen MR) is 93.4 cm³/mol. The number of quaternary nitrogens is 1. The second-order valence-electron chi connectivity index (χ2n) is 6.88. The molecule has 2 aliphatic rings. The SMILES string of the molecule is COc1ccc(C[C@]2(C)NC(=O)N(C[NH+]3CCOCC3)C2=O)cc1OC. The summed E-state index contributed by atoms with van der Waals surface area (Å²) in [6, 6.07) is 5.17. The van der Waals surface area contributed by atoms with E-state index in [9.17, 15) is 9.59 Å². The van der Waals surface area contributed by atoms with Crippen LogP contribution in [0.3, 0.4) is 0 Å². The number of morpholine rings is 1. The van der Waals surface area contributed by atoms with Crippen molar-refractivity contribution < 1.29 is 28.7 Å². The number of rotatable bonds is 6. The fraction of sp³-hybridized carbons (Fsp3) is 0.556. The van der Waals surface area contributed by atoms with E-state index in [1.54, 1.807) is 27.2 Å². The van der Waals surface area contributed by atoms with Crippen molar-refractivity contribution in [3.63, 3.8) is 0 Å². The molecule has 2 N–H and O–H groups in total. The van der Waals surface area contributed by atoms with Crippen molar-refractivity contribution in [2.45, 2.75) is 18.9 Å². The molecule has 1 atom stereocenters. The number of hydrogen-bond acceptors (Lipinski definition) is 5. The molecule has 142 valence electrons. The lowest BCUT2D eigenvalue weighted by Crippen LogP contribution is -3.15. The fourth-order valence-corrected chi connectivity index (χ4v) is 3.45. The van der Waals surface area contributed by atoms with Crippen LogP contribution in [0.25, 0.3) is 0 Å². The molecule has 0 saturated carbocycles. The van der Waals surface area contributed by atoms with Gasteiger partial charge in [0.2, 0.25) is 0 Å². The summed E-state index contributed by atoms with van der Waals surface area (Å²) in [5, 5.41) is 2.86. The number of imide groups is 1. The highest BCUT2D eigenvalue weighted by Crippen LogP contribution is 2.30. The van der Waals surface area contributed by atoms with Gasteiger partial charge in [-0.1, -0.05) is 6.07 Å². The van der Waals surface area contributed by atoms with Gasteiger partial charge in [-0.2, -0.15) is 0 Å². The van der Waals surface area contributed by atoms with Gasteiger partial charge in [-0.15, -0.1) is 0 Å². The van der Waals surface area contributed by atoms with E-state index in [1.807, 2.05) is 12.1 Å². The summed E-state index contributed by atoms with van der Waals surface area (Å²) in [5.41, 5.74) is -0.0815. The second kappa shape index (κ2) is 7.51. The van der Waals surface area contributed by atoms with Gasteiger partial charge in [-0.05, 0) is 24.6 Å². The Balaban J connectivity index is 1.73. The van der Waals surface area contributed by atoms with Crippen molar-refractivity contribution in [1.29, 1.82) is 0 Å². The van der Waals surface area contributed by atoms with E-state index in [4.69, 9.17) is 14.2 Å². The van der Waals surface area contributed by atoms with Gasteiger partial charge >= 0.3 is 6.03 Å². The highest BCUT2D eigenvalue weighted by atomic mass is 16.5. The Morgan fingerprint density at radius 1 is 1.19 bits per heavy atom. The molecule has 1 aromatic rings. The van der Waals surface area contributed by atoms with Crippen LogP contribution in [0.5, 0.6) is 11.5 Å². The van der Waals surface area contributed by atoms with Gasteiger partial charge in [-0.3, -0.25) is 4.79 Å². The Morgan fingerprint density at radius 2 is 1.88 bits per heavy atom. The van der Waals surface area contributed by atoms with E-state index in [1.165, 1.54) is 9.80 Å². The van der Waals surface area contributed by atoms with Crippen LogP contribution in [0.15, 0.2) is 18.2 Å². The zero-order valence-corrected chi connectivity index (χ0v) is 15.5. The number of benzene rings is 1. The number of methoxy groups -OCH3 is 2. The molecule has 8 nitrogen and oxygen atoms in total. The zero-order valence-electron chi connectivity index (χ0n) is 15.5. The van der Waals surface area contributed by atoms with Crippen LogP contribution in [-0.4, -0.2) is 69.6 Å². The van der Waals surface area contributed by atoms with E-state index in [-0.39, 0.29) is 11.9 Å². The lowest BCUT2D eigenvalue weighted by molar-refractivity contribution is -0.915. The van der Waals surface area contributed by atoms with Crippen molar-refractivity contribution in [2.75, 3.05) is 47.2 Å². The minimum atomic E-state index is -0.970. The number of hydrogen-bond donors (Lipinski definition) is 2. The number of carbonyl (C=O) groups excluding carboxylic acids is 2. The Morgan fingerprint density at radius 3 is 2.54 bits per heavy atom. The van der Waals surface area contributed by atoms with Gasteiger partial charge in [0.15, 0.2) is 18.2 Å². The van der Waals surface area contributed by atoms with E-state index in [0.29, 0.717) is 37.8 Å². The summed E-state index contributed by atoms with van der Waals surface area (Å²) in [6.07, 6.45) is 0.382. The predicted octanol–water partition coefficient (Wildman–Crippen LogP) is -0.571. The van der Waals surface area contributed by atoms with Gasteiger partial charge in [0.25, 0.3) is 5.91 Å². The number of nitrogens with one attached hydrogen (secondary N) is 2. The van der Waals surface area contributed by atoms with Gasteiger partial charge in [0, 0.05) is 6.42 Å². The Bertz CT molecular complexity index is 689. The van der Waals surface area contributed by atoms with Crippen LogP contribution in [-0.2, 0) is 16.0 Å². The molecule has 0 aromatic heterocycles. The summed E-state index contributed by atoms with van der Waals surface area (Å²) in [5.74, 6) is 1.02. The Hall–Kier alpha value is -2.32. The molecule has 0 radical (unpaired) electrons. The minimum Gasteiger partial charge on any atom is -0.493 e. The number of amides is 3. The van der Waals surface area contributed by atoms with E-state index >= 15 is 0 Å². The van der Waals surface area contributed by atoms with Crippen LogP contribution in [0.1, 0.15) is 12.5 Å². The van der Waals surface area contributed by atoms with E-state index in [0.717, 1.165) is 18.7 Å². The maximum atomic E-state index is 12.9. The van der Waals surface area contributed by atoms with Crippen molar-refractivity contribution in [1.82, 2.24) is 10.2 Å². The largest absolute Gasteiger partial charge is 0.493 e. The molecule has 0 spiro atoms. The van der Waals surface area contributed by atoms with Crippen LogP contribution in [0, 0.1) is 0 Å². The average Bonchev–Trinajstić information content (AvgIpc) is 2.85. The smallest absolute Gasteiger partial charge is 0.329 e. The van der Waals surface area contributed by atoms with Crippen molar-refractivity contribution in [3.8, 4) is 11.5 Å². The van der Waals surface area contributed by atoms with Crippen LogP contribution >= 0.6 is 0 Å². The van der Waals surface area contributed by atoms with Crippen LogP contribution in [0.2, 0.25) is 0 Å². The monoisotopic (exact) mass is 364 g/mol. The molecule has 2 saturated heterocycles. The standard InChI is InChI=1S/C18H25N3O5/c1-18(11-13-4-5-14(24-2)15(10-13)25-3)16(22)21(17(23)19-18)12-20-6-8-26-9-7-20/h4-5,10H,6-9,11-12H2,1-3H3,(H,19,23)/p+1/t18-/m0/s1. The highest BCUT2D eigenvalue weighted by molar-refractivity contribution is 6.06. The topological polar surface area (TPSA) is 81.5 Å². The van der Waals surface area contributed by atoms with Crippen molar-refractivity contribution in [3.05, 3.63) is 23.8 Å². The first-order valence-electron chi connectivity index (χ1n) is 8.73. The molecule has 3 rings (SSSR count). The molecule has 2 heterocycles. The van der Waals surface area contributed by atoms with Gasteiger partial charge < -0.3 is 24.4 Å². The summed E-state index contributed by atoms with van der Waals surface area (Å²) < 4.78 is 15.9. The fourth-order valence-electron chi connectivity index (χ4n) is 3.45. The molecule has 3 amide bonds. The molecule has 0 aliphatic carbocycles. The molecule has 2 fully saturated rings. The quantitative estimate of drug-likeness (QED) is 0.661. The number of carbonyl (C=O) groups is 2. The van der Waals surface area contributed by atoms with Gasteiger partial charge in [0.1, 0.15) is 18.6 Å². The molecule has 0 bridgehead atoms. The van der Waals surface area contributed by atoms with Crippen LogP contribution in [0.4, 0.5) is 4.79 Å². The number of nitrogens with zero attached hydrogens (tertiary/aromatic N) is 1. The lowest BCUT2D eigenvalue weighted by atomic mass is 9.92. The third-order valence-electron chi connectivity index (χ3n) is 4.93. The molecule has 0 unspecified atom stereocenters. The summed E-state index contributed by atoms with van der Waals surface area (Å²) >= 11 is 0. The van der Waals surface area contributed by atoms with Gasteiger partial charge in [-0.25, -0.2) is 9.69 Å². The first-order valence-corrected chi connectivity index (χ1v) is 8.73. The summed E-state index contributed by atoms with van der Waals surface area (Å²) in [6.45, 7) is 5.03. The maximum Gasteiger partial charge on any atom is 0.329 e. The summed E-state index contributed by atoms with van der Waals surface area (Å²) in [7, 11) is 3.14. The molecular weight excluding hydrogens is 338 g/mol. The Kier molecular flexibility index (Phi) is 5.33. The average molecular weight is 364 g/mol. The zero-order chi connectivity index (χ0) is 18.7. The molecule has 2 aliphatic heterocycles. The molecule has 26 heavy (non-hydrogen) atoms. The second-order valence-corrected chi connectivity index (χ2v) is 6.88. The minimum absolute atomic E-state index is 0.198. The van der Waals surface area contributed by atoms with E-state index in [2.05, 4.69) is 5.32 Å². The highest BCUT2D eigenvalue weighted by Gasteiger charge is 2.49. The molecular formula is C18H26N3O5+. The summed E-state index contributed by atoms with van der Waals surface area (Å²) in [4.78, 5) is 27.8. The molecule has 8 heteroatoms. The number of urea groups is 1. The molecule has 1 aromatic carbocycles. The van der Waals surface area contributed by atoms with Crippen molar-refractivity contribution >= 4 is 11.9 Å². The third-order valence-corrected chi connectivity index (χ3v) is 4.93.